The van der Waals surface area contributed by atoms with Crippen molar-refractivity contribution in [1.82, 2.24) is 4.90 Å². The number of hydrogen-bond acceptors (Lipinski definition) is 6. The molecule has 4 rings (SSSR count). The van der Waals surface area contributed by atoms with Gasteiger partial charge in [-0.3, -0.25) is 9.59 Å². The number of amides is 2. The van der Waals surface area contributed by atoms with Crippen molar-refractivity contribution in [2.45, 2.75) is 12.6 Å². The number of rotatable bonds is 4. The first kappa shape index (κ1) is 20.2. The Labute approximate surface area is 177 Å². The highest BCUT2D eigenvalue weighted by Crippen LogP contribution is 2.39. The normalized spacial score (nSPS) is 16.1. The van der Waals surface area contributed by atoms with Gasteiger partial charge < -0.3 is 20.4 Å². The Morgan fingerprint density at radius 3 is 1.71 bits per heavy atom. The van der Waals surface area contributed by atoms with Crippen molar-refractivity contribution >= 4 is 23.0 Å². The number of benzene rings is 3. The minimum atomic E-state index is -1.52. The lowest BCUT2D eigenvalue weighted by atomic mass is 9.96. The molecular weight excluding hydrogens is 398 g/mol. The molecule has 3 aromatic carbocycles. The fraction of sp³-hybridized carbons (Fsp3) is 0.0833. The van der Waals surface area contributed by atoms with Crippen LogP contribution in [0.3, 0.4) is 0 Å². The number of carbonyl (C=O) groups excluding carboxylic acids is 2. The van der Waals surface area contributed by atoms with Crippen LogP contribution in [0.25, 0.3) is 11.1 Å². The van der Waals surface area contributed by atoms with Gasteiger partial charge in [0.15, 0.2) is 6.23 Å². The van der Waals surface area contributed by atoms with Crippen LogP contribution in [0.1, 0.15) is 16.7 Å². The van der Waals surface area contributed by atoms with Gasteiger partial charge in [0.2, 0.25) is 5.91 Å². The van der Waals surface area contributed by atoms with E-state index < -0.39 is 18.0 Å². The van der Waals surface area contributed by atoms with Crippen molar-refractivity contribution < 1.29 is 30.0 Å². The van der Waals surface area contributed by atoms with Crippen LogP contribution in [0, 0.1) is 0 Å². The van der Waals surface area contributed by atoms with Gasteiger partial charge in [0.05, 0.1) is 12.0 Å². The minimum absolute atomic E-state index is 0.0155. The third-order valence-corrected chi connectivity index (χ3v) is 5.10. The van der Waals surface area contributed by atoms with E-state index in [2.05, 4.69) is 0 Å². The molecule has 0 saturated carbocycles. The number of carbonyl (C=O) groups is 2. The molecule has 0 saturated heterocycles. The van der Waals surface area contributed by atoms with Gasteiger partial charge >= 0.3 is 0 Å². The van der Waals surface area contributed by atoms with Gasteiger partial charge in [0.1, 0.15) is 17.2 Å². The Balaban J connectivity index is 1.75. The van der Waals surface area contributed by atoms with E-state index in [1.165, 1.54) is 48.5 Å². The van der Waals surface area contributed by atoms with Gasteiger partial charge in [0, 0.05) is 5.57 Å². The van der Waals surface area contributed by atoms with E-state index in [1.807, 2.05) is 0 Å². The first-order chi connectivity index (χ1) is 14.8. The summed E-state index contributed by atoms with van der Waals surface area (Å²) in [6.45, 7) is 0. The highest BCUT2D eigenvalue weighted by Gasteiger charge is 2.42. The predicted molar refractivity (Wildman–Crippen MR) is 113 cm³/mol. The zero-order chi connectivity index (χ0) is 22.1. The zero-order valence-electron chi connectivity index (χ0n) is 16.3. The fourth-order valence-corrected chi connectivity index (χ4v) is 3.57. The minimum Gasteiger partial charge on any atom is -0.508 e. The highest BCUT2D eigenvalue weighted by atomic mass is 16.3. The summed E-state index contributed by atoms with van der Waals surface area (Å²) >= 11 is 0. The van der Waals surface area contributed by atoms with Gasteiger partial charge in [-0.2, -0.15) is 0 Å². The van der Waals surface area contributed by atoms with E-state index in [0.29, 0.717) is 16.7 Å². The molecule has 2 amide bonds. The molecular formula is C24H19NO6. The standard InChI is InChI=1S/C24H19NO6/c26-17-7-1-14(2-8-17)13-20(29)25-23(30)21(15-3-9-18(27)10-4-15)22(24(25)31)16-5-11-19(28)12-6-16/h1-12,23,26-28,30H,13H2. The highest BCUT2D eigenvalue weighted by molar-refractivity contribution is 6.34. The maximum atomic E-state index is 13.3. The lowest BCUT2D eigenvalue weighted by Gasteiger charge is -2.21. The summed E-state index contributed by atoms with van der Waals surface area (Å²) < 4.78 is 0. The van der Waals surface area contributed by atoms with E-state index in [-0.39, 0.29) is 34.8 Å². The van der Waals surface area contributed by atoms with E-state index in [4.69, 9.17) is 0 Å². The molecule has 0 aromatic heterocycles. The summed E-state index contributed by atoms with van der Waals surface area (Å²) in [5.74, 6) is -1.17. The molecule has 0 fully saturated rings. The van der Waals surface area contributed by atoms with Crippen molar-refractivity contribution in [3.63, 3.8) is 0 Å². The van der Waals surface area contributed by atoms with Crippen LogP contribution >= 0.6 is 0 Å². The van der Waals surface area contributed by atoms with Crippen LogP contribution in [-0.2, 0) is 16.0 Å². The molecule has 7 nitrogen and oxygen atoms in total. The van der Waals surface area contributed by atoms with Crippen molar-refractivity contribution in [1.29, 1.82) is 0 Å². The molecule has 0 spiro atoms. The number of aliphatic hydroxyl groups excluding tert-OH is 1. The topological polar surface area (TPSA) is 118 Å². The second-order valence-electron chi connectivity index (χ2n) is 7.17. The first-order valence-electron chi connectivity index (χ1n) is 9.50. The van der Waals surface area contributed by atoms with E-state index in [0.717, 1.165) is 4.90 Å². The maximum Gasteiger partial charge on any atom is 0.263 e. The molecule has 0 radical (unpaired) electrons. The average molecular weight is 417 g/mol. The molecule has 1 atom stereocenters. The van der Waals surface area contributed by atoms with Gasteiger partial charge in [-0.15, -0.1) is 0 Å². The summed E-state index contributed by atoms with van der Waals surface area (Å²) in [5, 5.41) is 39.6. The number of aromatic hydroxyl groups is 3. The SMILES string of the molecule is O=C(Cc1ccc(O)cc1)N1C(=O)C(c2ccc(O)cc2)=C(c2ccc(O)cc2)C1O. The van der Waals surface area contributed by atoms with Crippen molar-refractivity contribution in [2.24, 2.45) is 0 Å². The van der Waals surface area contributed by atoms with Crippen LogP contribution in [0.4, 0.5) is 0 Å². The monoisotopic (exact) mass is 417 g/mol. The Morgan fingerprint density at radius 2 is 1.19 bits per heavy atom. The lowest BCUT2D eigenvalue weighted by molar-refractivity contribution is -0.147. The fourth-order valence-electron chi connectivity index (χ4n) is 3.57. The molecule has 1 aliphatic rings. The molecule has 1 heterocycles. The summed E-state index contributed by atoms with van der Waals surface area (Å²) in [7, 11) is 0. The van der Waals surface area contributed by atoms with E-state index >= 15 is 0 Å². The second-order valence-corrected chi connectivity index (χ2v) is 7.17. The summed E-state index contributed by atoms with van der Waals surface area (Å²) in [4.78, 5) is 27.0. The van der Waals surface area contributed by atoms with Crippen molar-refractivity contribution in [2.75, 3.05) is 0 Å². The van der Waals surface area contributed by atoms with E-state index in [9.17, 15) is 30.0 Å². The average Bonchev–Trinajstić information content (AvgIpc) is 3.01. The van der Waals surface area contributed by atoms with Gasteiger partial charge in [0.25, 0.3) is 5.91 Å². The molecule has 156 valence electrons. The molecule has 3 aromatic rings. The van der Waals surface area contributed by atoms with Gasteiger partial charge in [-0.1, -0.05) is 36.4 Å². The zero-order valence-corrected chi connectivity index (χ0v) is 16.3. The Morgan fingerprint density at radius 1 is 0.742 bits per heavy atom. The van der Waals surface area contributed by atoms with Crippen LogP contribution in [0.5, 0.6) is 17.2 Å². The smallest absolute Gasteiger partial charge is 0.263 e. The molecule has 31 heavy (non-hydrogen) atoms. The predicted octanol–water partition coefficient (Wildman–Crippen LogP) is 2.64. The van der Waals surface area contributed by atoms with Gasteiger partial charge in [-0.25, -0.2) is 4.90 Å². The molecule has 0 aliphatic carbocycles. The lowest BCUT2D eigenvalue weighted by Crippen LogP contribution is -2.41. The third kappa shape index (κ3) is 3.86. The Hall–Kier alpha value is -4.10. The first-order valence-corrected chi connectivity index (χ1v) is 9.50. The number of nitrogens with zero attached hydrogens (tertiary/aromatic N) is 1. The molecule has 1 aliphatic heterocycles. The molecule has 0 bridgehead atoms. The summed E-state index contributed by atoms with van der Waals surface area (Å²) in [6, 6.07) is 17.8. The largest absolute Gasteiger partial charge is 0.508 e. The van der Waals surface area contributed by atoms with Crippen LogP contribution in [-0.4, -0.2) is 43.4 Å². The number of phenolic OH excluding ortho intramolecular Hbond substituents is 3. The van der Waals surface area contributed by atoms with Crippen LogP contribution in [0.15, 0.2) is 72.8 Å². The molecule has 1 unspecified atom stereocenters. The third-order valence-electron chi connectivity index (χ3n) is 5.10. The van der Waals surface area contributed by atoms with E-state index in [1.54, 1.807) is 24.3 Å². The summed E-state index contributed by atoms with van der Waals surface area (Å²) in [6.07, 6.45) is -1.67. The van der Waals surface area contributed by atoms with Crippen molar-refractivity contribution in [3.8, 4) is 17.2 Å². The van der Waals surface area contributed by atoms with Crippen LogP contribution in [0.2, 0.25) is 0 Å². The van der Waals surface area contributed by atoms with Crippen molar-refractivity contribution in [3.05, 3.63) is 89.5 Å². The number of hydrogen-bond donors (Lipinski definition) is 4. The second kappa shape index (κ2) is 7.97. The van der Waals surface area contributed by atoms with Gasteiger partial charge in [-0.05, 0) is 53.1 Å². The number of phenols is 3. The quantitative estimate of drug-likeness (QED) is 0.518. The number of aliphatic hydroxyl groups is 1. The summed E-state index contributed by atoms with van der Waals surface area (Å²) in [5.41, 5.74) is 1.85. The molecule has 4 N–H and O–H groups in total. The molecule has 7 heteroatoms. The Bertz CT molecular complexity index is 1160. The van der Waals surface area contributed by atoms with Crippen LogP contribution < -0.4 is 0 Å². The number of imide groups is 1. The maximum absolute atomic E-state index is 13.3. The Kier molecular flexibility index (Phi) is 5.19.